The number of esters is 1. The zero-order chi connectivity index (χ0) is 20.2. The highest BCUT2D eigenvalue weighted by atomic mass is 35.5. The third kappa shape index (κ3) is 9.43. The Morgan fingerprint density at radius 3 is 2.26 bits per heavy atom. The first kappa shape index (κ1) is 22.2. The molecular formula is C17H18Cl2N4O4. The molecular weight excluding hydrogens is 395 g/mol. The highest BCUT2D eigenvalue weighted by Gasteiger charge is 2.13. The first-order chi connectivity index (χ1) is 12.8. The molecule has 0 aromatic carbocycles. The predicted molar refractivity (Wildman–Crippen MR) is 103 cm³/mol. The Kier molecular flexibility index (Phi) is 9.63. The van der Waals surface area contributed by atoms with Crippen molar-refractivity contribution in [2.75, 3.05) is 17.7 Å². The van der Waals surface area contributed by atoms with Crippen molar-refractivity contribution in [1.29, 1.82) is 0 Å². The Bertz CT molecular complexity index is 760. The second-order valence-corrected chi connectivity index (χ2v) is 5.74. The SMILES string of the molecule is CCOC(=O)C/C(=C/Nc1ccc(Cl)cn1)C(=O)O.Nc1ccc(Cl)cn1. The number of nitrogens with two attached hydrogens (primary N) is 1. The Morgan fingerprint density at radius 2 is 1.81 bits per heavy atom. The fourth-order valence-corrected chi connectivity index (χ4v) is 1.79. The fourth-order valence-electron chi connectivity index (χ4n) is 1.57. The number of halogens is 2. The van der Waals surface area contributed by atoms with E-state index in [1.807, 2.05) is 0 Å². The van der Waals surface area contributed by atoms with Gasteiger partial charge in [-0.05, 0) is 31.2 Å². The predicted octanol–water partition coefficient (Wildman–Crippen LogP) is 3.39. The molecule has 0 aliphatic carbocycles. The highest BCUT2D eigenvalue weighted by Crippen LogP contribution is 2.11. The number of ether oxygens (including phenoxy) is 1. The van der Waals surface area contributed by atoms with Crippen LogP contribution in [0.4, 0.5) is 11.6 Å². The molecule has 2 aromatic rings. The molecule has 0 unspecified atom stereocenters. The lowest BCUT2D eigenvalue weighted by molar-refractivity contribution is -0.144. The number of carboxylic acid groups (broad SMARTS) is 1. The van der Waals surface area contributed by atoms with Crippen LogP contribution in [0.2, 0.25) is 10.0 Å². The van der Waals surface area contributed by atoms with Crippen LogP contribution in [0.3, 0.4) is 0 Å². The number of hydrogen-bond donors (Lipinski definition) is 3. The van der Waals surface area contributed by atoms with Gasteiger partial charge in [-0.3, -0.25) is 4.79 Å². The van der Waals surface area contributed by atoms with Gasteiger partial charge < -0.3 is 20.9 Å². The van der Waals surface area contributed by atoms with Gasteiger partial charge in [-0.15, -0.1) is 0 Å². The maximum Gasteiger partial charge on any atom is 0.333 e. The first-order valence-electron chi connectivity index (χ1n) is 7.65. The Morgan fingerprint density at radius 1 is 1.19 bits per heavy atom. The number of rotatable bonds is 6. The summed E-state index contributed by atoms with van der Waals surface area (Å²) >= 11 is 11.2. The molecule has 0 aliphatic rings. The van der Waals surface area contributed by atoms with Gasteiger partial charge in [0.1, 0.15) is 11.6 Å². The van der Waals surface area contributed by atoms with Crippen LogP contribution in [0.15, 0.2) is 48.4 Å². The third-order valence-corrected chi connectivity index (χ3v) is 3.23. The van der Waals surface area contributed by atoms with E-state index in [0.717, 1.165) is 0 Å². The van der Waals surface area contributed by atoms with Crippen LogP contribution < -0.4 is 11.1 Å². The van der Waals surface area contributed by atoms with Gasteiger partial charge in [-0.25, -0.2) is 14.8 Å². The lowest BCUT2D eigenvalue weighted by Gasteiger charge is -2.04. The van der Waals surface area contributed by atoms with Crippen LogP contribution in [-0.4, -0.2) is 33.6 Å². The molecule has 8 nitrogen and oxygen atoms in total. The first-order valence-corrected chi connectivity index (χ1v) is 8.40. The summed E-state index contributed by atoms with van der Waals surface area (Å²) in [5, 5.41) is 12.7. The quantitative estimate of drug-likeness (QED) is 0.486. The van der Waals surface area contributed by atoms with E-state index in [0.29, 0.717) is 21.7 Å². The van der Waals surface area contributed by atoms with E-state index in [4.69, 9.17) is 34.0 Å². The molecule has 0 saturated heterocycles. The van der Waals surface area contributed by atoms with Crippen LogP contribution >= 0.6 is 23.2 Å². The molecule has 2 aromatic heterocycles. The average Bonchev–Trinajstić information content (AvgIpc) is 2.63. The summed E-state index contributed by atoms with van der Waals surface area (Å²) in [4.78, 5) is 29.8. The van der Waals surface area contributed by atoms with Crippen molar-refractivity contribution in [1.82, 2.24) is 9.97 Å². The Hall–Kier alpha value is -2.84. The van der Waals surface area contributed by atoms with Crippen molar-refractivity contribution >= 4 is 46.8 Å². The topological polar surface area (TPSA) is 127 Å². The van der Waals surface area contributed by atoms with Crippen molar-refractivity contribution < 1.29 is 19.4 Å². The van der Waals surface area contributed by atoms with E-state index < -0.39 is 11.9 Å². The minimum absolute atomic E-state index is 0.116. The Labute approximate surface area is 166 Å². The summed E-state index contributed by atoms with van der Waals surface area (Å²) < 4.78 is 4.69. The number of nitrogen functional groups attached to an aromatic ring is 1. The molecule has 0 bridgehead atoms. The normalized spacial score (nSPS) is 10.4. The number of pyridine rings is 2. The van der Waals surface area contributed by atoms with Gasteiger partial charge in [0.15, 0.2) is 0 Å². The number of nitrogens with one attached hydrogen (secondary N) is 1. The third-order valence-electron chi connectivity index (χ3n) is 2.79. The van der Waals surface area contributed by atoms with Gasteiger partial charge in [0.2, 0.25) is 0 Å². The van der Waals surface area contributed by atoms with E-state index >= 15 is 0 Å². The maximum absolute atomic E-state index is 11.2. The second kappa shape index (κ2) is 11.7. The van der Waals surface area contributed by atoms with E-state index in [-0.39, 0.29) is 18.6 Å². The molecule has 4 N–H and O–H groups in total. The van der Waals surface area contributed by atoms with Crippen molar-refractivity contribution in [2.45, 2.75) is 13.3 Å². The van der Waals surface area contributed by atoms with Crippen LogP contribution in [-0.2, 0) is 14.3 Å². The van der Waals surface area contributed by atoms with E-state index in [9.17, 15) is 9.59 Å². The number of hydrogen-bond acceptors (Lipinski definition) is 7. The Balaban J connectivity index is 0.000000377. The van der Waals surface area contributed by atoms with Gasteiger partial charge in [0.05, 0.1) is 28.6 Å². The lowest BCUT2D eigenvalue weighted by Crippen LogP contribution is -2.12. The maximum atomic E-state index is 11.2. The smallest absolute Gasteiger partial charge is 0.333 e. The van der Waals surface area contributed by atoms with E-state index in [1.165, 1.54) is 18.6 Å². The number of aliphatic carboxylic acids is 1. The molecule has 0 spiro atoms. The van der Waals surface area contributed by atoms with Gasteiger partial charge in [-0.1, -0.05) is 23.2 Å². The summed E-state index contributed by atoms with van der Waals surface area (Å²) in [6.45, 7) is 1.86. The number of carbonyl (C=O) groups excluding carboxylic acids is 1. The molecule has 0 fully saturated rings. The van der Waals surface area contributed by atoms with Crippen molar-refractivity contribution in [2.24, 2.45) is 0 Å². The summed E-state index contributed by atoms with van der Waals surface area (Å²) in [6.07, 6.45) is 3.82. The molecule has 10 heteroatoms. The zero-order valence-electron chi connectivity index (χ0n) is 14.4. The van der Waals surface area contributed by atoms with Crippen LogP contribution in [0.5, 0.6) is 0 Å². The van der Waals surface area contributed by atoms with Crippen LogP contribution in [0.1, 0.15) is 13.3 Å². The van der Waals surface area contributed by atoms with Crippen LogP contribution in [0.25, 0.3) is 0 Å². The minimum atomic E-state index is -1.20. The molecule has 27 heavy (non-hydrogen) atoms. The number of carbonyl (C=O) groups is 2. The molecule has 144 valence electrons. The van der Waals surface area contributed by atoms with Gasteiger partial charge >= 0.3 is 11.9 Å². The zero-order valence-corrected chi connectivity index (χ0v) is 15.9. The largest absolute Gasteiger partial charge is 0.478 e. The number of aromatic nitrogens is 2. The monoisotopic (exact) mass is 412 g/mol. The summed E-state index contributed by atoms with van der Waals surface area (Å²) in [5.74, 6) is -0.877. The number of nitrogens with zero attached hydrogens (tertiary/aromatic N) is 2. The molecule has 0 aliphatic heterocycles. The standard InChI is InChI=1S/C12H13ClN2O4.C5H5ClN2/c1-2-19-11(16)5-8(12(17)18)6-14-10-4-3-9(13)7-15-10;6-4-1-2-5(7)8-3-4/h3-4,6-7H,2,5H2,1H3,(H,14,15)(H,17,18);1-3H,(H2,7,8)/b8-6-;. The van der Waals surface area contributed by atoms with Gasteiger partial charge in [-0.2, -0.15) is 0 Å². The number of anilines is 2. The summed E-state index contributed by atoms with van der Waals surface area (Å²) in [6, 6.07) is 6.55. The van der Waals surface area contributed by atoms with Crippen molar-refractivity contribution in [3.05, 3.63) is 58.5 Å². The van der Waals surface area contributed by atoms with Gasteiger partial charge in [0.25, 0.3) is 0 Å². The average molecular weight is 413 g/mol. The van der Waals surface area contributed by atoms with Crippen LogP contribution in [0, 0.1) is 0 Å². The summed E-state index contributed by atoms with van der Waals surface area (Å²) in [7, 11) is 0. The minimum Gasteiger partial charge on any atom is -0.478 e. The molecule has 0 atom stereocenters. The van der Waals surface area contributed by atoms with E-state index in [2.05, 4.69) is 20.0 Å². The fraction of sp³-hybridized carbons (Fsp3) is 0.176. The molecule has 0 radical (unpaired) electrons. The lowest BCUT2D eigenvalue weighted by atomic mass is 10.2. The van der Waals surface area contributed by atoms with Gasteiger partial charge in [0, 0.05) is 18.6 Å². The summed E-state index contributed by atoms with van der Waals surface area (Å²) in [5.41, 5.74) is 5.14. The molecule has 2 heterocycles. The molecule has 0 amide bonds. The van der Waals surface area contributed by atoms with E-state index in [1.54, 1.807) is 31.2 Å². The molecule has 0 saturated carbocycles. The highest BCUT2D eigenvalue weighted by molar-refractivity contribution is 6.30. The number of carboxylic acids is 1. The van der Waals surface area contributed by atoms with Crippen molar-refractivity contribution in [3.8, 4) is 0 Å². The second-order valence-electron chi connectivity index (χ2n) is 4.86. The molecule has 2 rings (SSSR count). The van der Waals surface area contributed by atoms with Crippen molar-refractivity contribution in [3.63, 3.8) is 0 Å².